The fraction of sp³-hybridized carbons (Fsp3) is 0.300. The first-order chi connectivity index (χ1) is 12.5. The number of hydrogen-bond acceptors (Lipinski definition) is 4. The average Bonchev–Trinajstić information content (AvgIpc) is 2.70. The fourth-order valence-corrected chi connectivity index (χ4v) is 2.23. The predicted molar refractivity (Wildman–Crippen MR) is 101 cm³/mol. The SMILES string of the molecule is C=C(c1ccc(OCC(O)CF)cc1)c1ccc(OCC(O)CCl)cc1. The number of benzene rings is 2. The largest absolute Gasteiger partial charge is 0.491 e. The molecule has 0 fully saturated rings. The van der Waals surface area contributed by atoms with Crippen LogP contribution in [0.25, 0.3) is 5.57 Å². The van der Waals surface area contributed by atoms with Crippen LogP contribution in [0.1, 0.15) is 11.1 Å². The lowest BCUT2D eigenvalue weighted by Crippen LogP contribution is -2.19. The van der Waals surface area contributed by atoms with E-state index in [0.717, 1.165) is 16.7 Å². The molecule has 4 nitrogen and oxygen atoms in total. The molecule has 2 atom stereocenters. The fourth-order valence-electron chi connectivity index (χ4n) is 2.15. The van der Waals surface area contributed by atoms with Crippen LogP contribution < -0.4 is 9.47 Å². The van der Waals surface area contributed by atoms with Crippen molar-refractivity contribution in [2.75, 3.05) is 25.8 Å². The second-order valence-corrected chi connectivity index (χ2v) is 6.07. The summed E-state index contributed by atoms with van der Waals surface area (Å²) in [5.74, 6) is 1.32. The Morgan fingerprint density at radius 3 is 1.69 bits per heavy atom. The minimum absolute atomic E-state index is 0.0866. The first-order valence-electron chi connectivity index (χ1n) is 8.17. The normalized spacial score (nSPS) is 13.1. The molecule has 0 bridgehead atoms. The summed E-state index contributed by atoms with van der Waals surface area (Å²) >= 11 is 5.53. The lowest BCUT2D eigenvalue weighted by molar-refractivity contribution is 0.0842. The molecule has 6 heteroatoms. The molecule has 2 aromatic rings. The first-order valence-corrected chi connectivity index (χ1v) is 8.70. The quantitative estimate of drug-likeness (QED) is 0.620. The Kier molecular flexibility index (Phi) is 7.91. The molecule has 0 aliphatic heterocycles. The summed E-state index contributed by atoms with van der Waals surface area (Å²) in [6, 6.07) is 14.6. The van der Waals surface area contributed by atoms with Crippen molar-refractivity contribution in [1.29, 1.82) is 0 Å². The van der Waals surface area contributed by atoms with Crippen LogP contribution in [0.15, 0.2) is 55.1 Å². The van der Waals surface area contributed by atoms with Crippen LogP contribution >= 0.6 is 11.6 Å². The van der Waals surface area contributed by atoms with Crippen LogP contribution in [0.2, 0.25) is 0 Å². The van der Waals surface area contributed by atoms with Crippen molar-refractivity contribution >= 4 is 17.2 Å². The molecule has 26 heavy (non-hydrogen) atoms. The van der Waals surface area contributed by atoms with Crippen molar-refractivity contribution in [3.63, 3.8) is 0 Å². The van der Waals surface area contributed by atoms with Gasteiger partial charge in [-0.15, -0.1) is 11.6 Å². The van der Waals surface area contributed by atoms with Gasteiger partial charge in [-0.25, -0.2) is 4.39 Å². The van der Waals surface area contributed by atoms with Gasteiger partial charge in [-0.1, -0.05) is 30.8 Å². The monoisotopic (exact) mass is 380 g/mol. The molecule has 0 radical (unpaired) electrons. The van der Waals surface area contributed by atoms with E-state index in [2.05, 4.69) is 6.58 Å². The van der Waals surface area contributed by atoms with Gasteiger partial charge < -0.3 is 19.7 Å². The molecule has 2 unspecified atom stereocenters. The molecule has 0 spiro atoms. The molecule has 0 aliphatic carbocycles. The van der Waals surface area contributed by atoms with Crippen molar-refractivity contribution in [2.45, 2.75) is 12.2 Å². The topological polar surface area (TPSA) is 58.9 Å². The van der Waals surface area contributed by atoms with Gasteiger partial charge in [0.25, 0.3) is 0 Å². The van der Waals surface area contributed by atoms with Gasteiger partial charge in [0.2, 0.25) is 0 Å². The minimum Gasteiger partial charge on any atom is -0.491 e. The van der Waals surface area contributed by atoms with E-state index in [1.165, 1.54) is 0 Å². The number of alkyl halides is 2. The van der Waals surface area contributed by atoms with Crippen molar-refractivity contribution in [3.8, 4) is 11.5 Å². The molecule has 0 saturated heterocycles. The number of hydrogen-bond donors (Lipinski definition) is 2. The summed E-state index contributed by atoms with van der Waals surface area (Å²) in [6.45, 7) is 3.32. The molecule has 0 amide bonds. The summed E-state index contributed by atoms with van der Waals surface area (Å²) < 4.78 is 23.0. The third-order valence-corrected chi connectivity index (χ3v) is 4.00. The molecule has 2 N–H and O–H groups in total. The highest BCUT2D eigenvalue weighted by Crippen LogP contribution is 2.25. The number of aliphatic hydroxyl groups is 2. The Balaban J connectivity index is 1.95. The second kappa shape index (κ2) is 10.2. The number of rotatable bonds is 10. The van der Waals surface area contributed by atoms with E-state index in [0.29, 0.717) is 11.5 Å². The Morgan fingerprint density at radius 2 is 1.31 bits per heavy atom. The van der Waals surface area contributed by atoms with Gasteiger partial charge in [0.1, 0.15) is 43.6 Å². The van der Waals surface area contributed by atoms with Crippen LogP contribution in [0.4, 0.5) is 4.39 Å². The molecule has 0 aliphatic rings. The van der Waals surface area contributed by atoms with Crippen molar-refractivity contribution in [1.82, 2.24) is 0 Å². The summed E-state index contributed by atoms with van der Waals surface area (Å²) in [6.07, 6.45) is -1.81. The maximum atomic E-state index is 12.2. The zero-order valence-electron chi connectivity index (χ0n) is 14.3. The summed E-state index contributed by atoms with van der Waals surface area (Å²) in [4.78, 5) is 0. The van der Waals surface area contributed by atoms with E-state index in [9.17, 15) is 14.6 Å². The molecular weight excluding hydrogens is 359 g/mol. The van der Waals surface area contributed by atoms with Crippen LogP contribution in [0.5, 0.6) is 11.5 Å². The van der Waals surface area contributed by atoms with E-state index < -0.39 is 18.9 Å². The Morgan fingerprint density at radius 1 is 0.885 bits per heavy atom. The number of ether oxygens (including phenoxy) is 2. The van der Waals surface area contributed by atoms with Gasteiger partial charge in [-0.2, -0.15) is 0 Å². The van der Waals surface area contributed by atoms with Crippen molar-refractivity contribution < 1.29 is 24.1 Å². The number of halogens is 2. The molecule has 2 aromatic carbocycles. The molecule has 0 heterocycles. The minimum atomic E-state index is -1.11. The first kappa shape index (κ1) is 20.2. The van der Waals surface area contributed by atoms with Gasteiger partial charge >= 0.3 is 0 Å². The van der Waals surface area contributed by atoms with E-state index in [1.54, 1.807) is 24.3 Å². The molecule has 2 rings (SSSR count). The van der Waals surface area contributed by atoms with E-state index in [1.807, 2.05) is 24.3 Å². The predicted octanol–water partition coefficient (Wildman–Crippen LogP) is 3.44. The molecule has 0 saturated carbocycles. The van der Waals surface area contributed by atoms with E-state index >= 15 is 0 Å². The van der Waals surface area contributed by atoms with Crippen molar-refractivity contribution in [2.24, 2.45) is 0 Å². The highest BCUT2D eigenvalue weighted by molar-refractivity contribution is 6.18. The van der Waals surface area contributed by atoms with Gasteiger partial charge in [-0.3, -0.25) is 0 Å². The van der Waals surface area contributed by atoms with Crippen LogP contribution in [-0.2, 0) is 0 Å². The van der Waals surface area contributed by atoms with Crippen LogP contribution in [0, 0.1) is 0 Å². The van der Waals surface area contributed by atoms with E-state index in [4.69, 9.17) is 21.1 Å². The van der Waals surface area contributed by atoms with Gasteiger partial charge in [0.15, 0.2) is 0 Å². The maximum absolute atomic E-state index is 12.2. The summed E-state index contributed by atoms with van der Waals surface area (Å²) in [7, 11) is 0. The lowest BCUT2D eigenvalue weighted by atomic mass is 9.99. The summed E-state index contributed by atoms with van der Waals surface area (Å²) in [5.41, 5.74) is 2.67. The zero-order valence-corrected chi connectivity index (χ0v) is 15.0. The highest BCUT2D eigenvalue weighted by atomic mass is 35.5. The molecule has 140 valence electrons. The lowest BCUT2D eigenvalue weighted by Gasteiger charge is -2.12. The van der Waals surface area contributed by atoms with Gasteiger partial charge in [0.05, 0.1) is 5.88 Å². The highest BCUT2D eigenvalue weighted by Gasteiger charge is 2.07. The third-order valence-electron chi connectivity index (χ3n) is 3.65. The number of aliphatic hydroxyl groups excluding tert-OH is 2. The van der Waals surface area contributed by atoms with Crippen LogP contribution in [-0.4, -0.2) is 48.2 Å². The standard InChI is InChI=1S/C20H22ClFO4/c1-14(15-2-6-19(7-3-15)25-12-17(23)10-21)16-4-8-20(9-5-16)26-13-18(24)11-22/h2-9,17-18,23-24H,1,10-13H2. The summed E-state index contributed by atoms with van der Waals surface area (Å²) in [5, 5.41) is 18.6. The Hall–Kier alpha value is -2.08. The third kappa shape index (κ3) is 6.02. The Bertz CT molecular complexity index is 628. The zero-order chi connectivity index (χ0) is 18.9. The average molecular weight is 381 g/mol. The van der Waals surface area contributed by atoms with E-state index in [-0.39, 0.29) is 19.1 Å². The maximum Gasteiger partial charge on any atom is 0.119 e. The smallest absolute Gasteiger partial charge is 0.119 e. The molecule has 0 aromatic heterocycles. The van der Waals surface area contributed by atoms with Gasteiger partial charge in [-0.05, 0) is 41.0 Å². The van der Waals surface area contributed by atoms with Crippen molar-refractivity contribution in [3.05, 3.63) is 66.2 Å². The molecular formula is C20H22ClFO4. The van der Waals surface area contributed by atoms with Crippen LogP contribution in [0.3, 0.4) is 0 Å². The van der Waals surface area contributed by atoms with Gasteiger partial charge in [0, 0.05) is 0 Å². The Labute approximate surface area is 157 Å². The second-order valence-electron chi connectivity index (χ2n) is 5.77.